The van der Waals surface area contributed by atoms with Crippen LogP contribution in [-0.4, -0.2) is 39.4 Å². The predicted octanol–water partition coefficient (Wildman–Crippen LogP) is 3.77. The number of benzene rings is 2. The third-order valence-corrected chi connectivity index (χ3v) is 6.12. The number of aromatic amines is 1. The Balaban J connectivity index is 1.62. The summed E-state index contributed by atoms with van der Waals surface area (Å²) in [4.78, 5) is 27.3. The second kappa shape index (κ2) is 8.29. The zero-order chi connectivity index (χ0) is 23.1. The lowest BCUT2D eigenvalue weighted by molar-refractivity contribution is 0.100. The summed E-state index contributed by atoms with van der Waals surface area (Å²) in [7, 11) is 2.07. The van der Waals surface area contributed by atoms with Crippen molar-refractivity contribution < 1.29 is 9.18 Å². The Bertz CT molecular complexity index is 1380. The van der Waals surface area contributed by atoms with Gasteiger partial charge in [0, 0.05) is 41.8 Å². The highest BCUT2D eigenvalue weighted by atomic mass is 19.1. The minimum absolute atomic E-state index is 0.263. The number of fused-ring (bicyclic) bond motifs is 2. The SMILES string of the molecule is Cc1[nH]c2c(C(N)=O)cccc2c1-c1nc2c(c(NCc3cccc(F)c3)n1)CCN(C)C2. The molecule has 0 saturated heterocycles. The number of halogens is 1. The number of amides is 1. The molecular weight excluding hydrogens is 419 g/mol. The molecule has 1 aliphatic heterocycles. The number of rotatable bonds is 5. The Hall–Kier alpha value is -3.78. The van der Waals surface area contributed by atoms with Crippen molar-refractivity contribution in [1.29, 1.82) is 0 Å². The van der Waals surface area contributed by atoms with Gasteiger partial charge >= 0.3 is 0 Å². The molecule has 168 valence electrons. The van der Waals surface area contributed by atoms with E-state index < -0.39 is 5.91 Å². The Morgan fingerprint density at radius 1 is 1.24 bits per heavy atom. The number of hydrogen-bond donors (Lipinski definition) is 3. The quantitative estimate of drug-likeness (QED) is 0.435. The molecule has 33 heavy (non-hydrogen) atoms. The van der Waals surface area contributed by atoms with Gasteiger partial charge in [-0.2, -0.15) is 0 Å². The second-order valence-corrected chi connectivity index (χ2v) is 8.51. The summed E-state index contributed by atoms with van der Waals surface area (Å²) in [5, 5.41) is 4.26. The fraction of sp³-hybridized carbons (Fsp3) is 0.240. The summed E-state index contributed by atoms with van der Waals surface area (Å²) < 4.78 is 13.6. The summed E-state index contributed by atoms with van der Waals surface area (Å²) in [6, 6.07) is 12.0. The van der Waals surface area contributed by atoms with Gasteiger partial charge in [-0.25, -0.2) is 14.4 Å². The number of nitrogens with zero attached hydrogens (tertiary/aromatic N) is 3. The lowest BCUT2D eigenvalue weighted by atomic mass is 10.0. The fourth-order valence-electron chi connectivity index (χ4n) is 4.49. The minimum atomic E-state index is -0.487. The number of para-hydroxylation sites is 1. The van der Waals surface area contributed by atoms with Crippen LogP contribution >= 0.6 is 0 Å². The molecule has 0 spiro atoms. The van der Waals surface area contributed by atoms with Crippen LogP contribution in [0.3, 0.4) is 0 Å². The van der Waals surface area contributed by atoms with Crippen LogP contribution in [0.25, 0.3) is 22.3 Å². The zero-order valence-electron chi connectivity index (χ0n) is 18.6. The number of aryl methyl sites for hydroxylation is 1. The van der Waals surface area contributed by atoms with Crippen molar-refractivity contribution in [3.8, 4) is 11.4 Å². The standard InChI is InChI=1S/C25H25FN6O/c1-14-21(18-7-4-8-19(23(27)33)22(18)29-14)25-30-20-13-32(2)10-9-17(20)24(31-25)28-12-15-5-3-6-16(26)11-15/h3-8,11,29H,9-10,12-13H2,1-2H3,(H2,27,33)(H,28,30,31). The molecule has 2 aromatic heterocycles. The van der Waals surface area contributed by atoms with Gasteiger partial charge in [-0.15, -0.1) is 0 Å². The smallest absolute Gasteiger partial charge is 0.250 e. The maximum Gasteiger partial charge on any atom is 0.250 e. The number of nitrogens with one attached hydrogen (secondary N) is 2. The fourth-order valence-corrected chi connectivity index (χ4v) is 4.49. The Kier molecular flexibility index (Phi) is 5.30. The van der Waals surface area contributed by atoms with Crippen molar-refractivity contribution >= 4 is 22.6 Å². The lowest BCUT2D eigenvalue weighted by Gasteiger charge is -2.26. The highest BCUT2D eigenvalue weighted by molar-refractivity contribution is 6.09. The van der Waals surface area contributed by atoms with Gasteiger partial charge in [0.05, 0.1) is 16.8 Å². The highest BCUT2D eigenvalue weighted by Crippen LogP contribution is 2.34. The van der Waals surface area contributed by atoms with E-state index >= 15 is 0 Å². The number of likely N-dealkylation sites (N-methyl/N-ethyl adjacent to an activating group) is 1. The van der Waals surface area contributed by atoms with E-state index in [1.54, 1.807) is 12.1 Å². The van der Waals surface area contributed by atoms with Gasteiger partial charge < -0.3 is 20.9 Å². The molecule has 2 aromatic carbocycles. The molecule has 8 heteroatoms. The molecule has 0 atom stereocenters. The van der Waals surface area contributed by atoms with E-state index in [2.05, 4.69) is 22.2 Å². The molecule has 0 saturated carbocycles. The second-order valence-electron chi connectivity index (χ2n) is 8.51. The van der Waals surface area contributed by atoms with Gasteiger partial charge in [-0.1, -0.05) is 24.3 Å². The first-order valence-electron chi connectivity index (χ1n) is 10.9. The number of hydrogen-bond acceptors (Lipinski definition) is 5. The van der Waals surface area contributed by atoms with E-state index in [1.165, 1.54) is 12.1 Å². The van der Waals surface area contributed by atoms with Crippen molar-refractivity contribution in [1.82, 2.24) is 19.9 Å². The van der Waals surface area contributed by atoms with Crippen LogP contribution in [0.1, 0.15) is 32.9 Å². The molecule has 1 amide bonds. The topological polar surface area (TPSA) is 99.9 Å². The molecule has 0 aliphatic carbocycles. The van der Waals surface area contributed by atoms with Gasteiger partial charge in [0.2, 0.25) is 0 Å². The molecule has 7 nitrogen and oxygen atoms in total. The normalized spacial score (nSPS) is 13.8. The van der Waals surface area contributed by atoms with Crippen LogP contribution in [0.4, 0.5) is 10.2 Å². The molecule has 4 N–H and O–H groups in total. The molecular formula is C25H25FN6O. The molecule has 3 heterocycles. The molecule has 5 rings (SSSR count). The number of H-pyrrole nitrogens is 1. The number of primary amides is 1. The maximum absolute atomic E-state index is 13.6. The van der Waals surface area contributed by atoms with Crippen LogP contribution in [0.2, 0.25) is 0 Å². The van der Waals surface area contributed by atoms with Crippen molar-refractivity contribution in [3.05, 3.63) is 76.4 Å². The first-order chi connectivity index (χ1) is 15.9. The minimum Gasteiger partial charge on any atom is -0.366 e. The average molecular weight is 445 g/mol. The molecule has 4 aromatic rings. The van der Waals surface area contributed by atoms with Crippen LogP contribution in [0, 0.1) is 12.7 Å². The molecule has 0 bridgehead atoms. The van der Waals surface area contributed by atoms with Crippen molar-refractivity contribution in [2.75, 3.05) is 18.9 Å². The Labute approximate surface area is 190 Å². The number of carbonyl (C=O) groups is 1. The zero-order valence-corrected chi connectivity index (χ0v) is 18.6. The van der Waals surface area contributed by atoms with Crippen molar-refractivity contribution in [3.63, 3.8) is 0 Å². The Morgan fingerprint density at radius 3 is 2.85 bits per heavy atom. The van der Waals surface area contributed by atoms with E-state index in [1.807, 2.05) is 25.1 Å². The van der Waals surface area contributed by atoms with Crippen molar-refractivity contribution in [2.24, 2.45) is 5.73 Å². The van der Waals surface area contributed by atoms with Crippen LogP contribution in [-0.2, 0) is 19.5 Å². The number of aromatic nitrogens is 3. The summed E-state index contributed by atoms with van der Waals surface area (Å²) in [6.45, 7) is 4.02. The van der Waals surface area contributed by atoms with Gasteiger partial charge in [-0.05, 0) is 44.2 Å². The molecule has 0 unspecified atom stereocenters. The lowest BCUT2D eigenvalue weighted by Crippen LogP contribution is -2.29. The first kappa shape index (κ1) is 21.1. The van der Waals surface area contributed by atoms with Crippen molar-refractivity contribution in [2.45, 2.75) is 26.4 Å². The number of nitrogens with two attached hydrogens (primary N) is 1. The Morgan fingerprint density at radius 2 is 2.06 bits per heavy atom. The van der Waals surface area contributed by atoms with E-state index in [0.29, 0.717) is 30.0 Å². The summed E-state index contributed by atoms with van der Waals surface area (Å²) in [6.07, 6.45) is 0.830. The third kappa shape index (κ3) is 3.93. The van der Waals surface area contributed by atoms with E-state index in [0.717, 1.165) is 52.2 Å². The van der Waals surface area contributed by atoms with Gasteiger partial charge in [-0.3, -0.25) is 4.79 Å². The molecule has 1 aliphatic rings. The average Bonchev–Trinajstić information content (AvgIpc) is 3.12. The highest BCUT2D eigenvalue weighted by Gasteiger charge is 2.24. The maximum atomic E-state index is 13.6. The van der Waals surface area contributed by atoms with Crippen LogP contribution < -0.4 is 11.1 Å². The monoisotopic (exact) mass is 444 g/mol. The van der Waals surface area contributed by atoms with Crippen LogP contribution in [0.15, 0.2) is 42.5 Å². The van der Waals surface area contributed by atoms with Gasteiger partial charge in [0.1, 0.15) is 11.6 Å². The number of anilines is 1. The van der Waals surface area contributed by atoms with Crippen LogP contribution in [0.5, 0.6) is 0 Å². The van der Waals surface area contributed by atoms with E-state index in [4.69, 9.17) is 15.7 Å². The van der Waals surface area contributed by atoms with E-state index in [-0.39, 0.29) is 5.82 Å². The predicted molar refractivity (Wildman–Crippen MR) is 126 cm³/mol. The molecule has 0 radical (unpaired) electrons. The largest absolute Gasteiger partial charge is 0.366 e. The van der Waals surface area contributed by atoms with Gasteiger partial charge in [0.15, 0.2) is 5.82 Å². The molecule has 0 fully saturated rings. The summed E-state index contributed by atoms with van der Waals surface area (Å²) in [5.74, 6) is 0.586. The van der Waals surface area contributed by atoms with Gasteiger partial charge in [0.25, 0.3) is 5.91 Å². The summed E-state index contributed by atoms with van der Waals surface area (Å²) in [5.41, 5.74) is 11.3. The summed E-state index contributed by atoms with van der Waals surface area (Å²) >= 11 is 0. The third-order valence-electron chi connectivity index (χ3n) is 6.12. The first-order valence-corrected chi connectivity index (χ1v) is 10.9. The van der Waals surface area contributed by atoms with E-state index in [9.17, 15) is 9.18 Å². The number of carbonyl (C=O) groups excluding carboxylic acids is 1.